The quantitative estimate of drug-likeness (QED) is 0.669. The average molecular weight is 263 g/mol. The number of anilines is 1. The van der Waals surface area contributed by atoms with Gasteiger partial charge in [0.15, 0.2) is 0 Å². The number of carbonyl (C=O) groups is 1. The number of hydrogen-bond acceptors (Lipinski definition) is 3. The number of hydrogen-bond donors (Lipinski definition) is 2. The molecule has 0 aliphatic carbocycles. The average Bonchev–Trinajstić information content (AvgIpc) is 2.41. The highest BCUT2D eigenvalue weighted by Crippen LogP contribution is 2.14. The van der Waals surface area contributed by atoms with E-state index in [1.165, 1.54) is 11.3 Å². The number of carbonyl (C=O) groups excluding carboxylic acids is 1. The summed E-state index contributed by atoms with van der Waals surface area (Å²) >= 11 is 0. The Morgan fingerprint density at radius 1 is 1.21 bits per heavy atom. The van der Waals surface area contributed by atoms with Crippen molar-refractivity contribution in [3.05, 3.63) is 29.8 Å². The van der Waals surface area contributed by atoms with Crippen LogP contribution in [0.1, 0.15) is 32.3 Å². The highest BCUT2D eigenvalue weighted by Gasteiger charge is 2.01. The van der Waals surface area contributed by atoms with Crippen molar-refractivity contribution >= 4 is 11.6 Å². The lowest BCUT2D eigenvalue weighted by Gasteiger charge is -2.21. The van der Waals surface area contributed by atoms with Gasteiger partial charge >= 0.3 is 0 Å². The van der Waals surface area contributed by atoms with E-state index >= 15 is 0 Å². The molecule has 0 unspecified atom stereocenters. The van der Waals surface area contributed by atoms with Gasteiger partial charge in [-0.05, 0) is 44.5 Å². The molecule has 19 heavy (non-hydrogen) atoms. The van der Waals surface area contributed by atoms with Gasteiger partial charge in [-0.15, -0.1) is 0 Å². The zero-order valence-electron chi connectivity index (χ0n) is 12.0. The van der Waals surface area contributed by atoms with Crippen molar-refractivity contribution in [3.8, 4) is 0 Å². The summed E-state index contributed by atoms with van der Waals surface area (Å²) in [6, 6.07) is 8.62. The van der Waals surface area contributed by atoms with Crippen molar-refractivity contribution in [2.45, 2.75) is 33.2 Å². The normalized spacial score (nSPS) is 10.4. The summed E-state index contributed by atoms with van der Waals surface area (Å²) < 4.78 is 0. The van der Waals surface area contributed by atoms with Crippen LogP contribution in [0.2, 0.25) is 0 Å². The molecule has 1 rings (SSSR count). The van der Waals surface area contributed by atoms with Crippen molar-refractivity contribution in [1.29, 1.82) is 0 Å². The molecule has 0 fully saturated rings. The van der Waals surface area contributed by atoms with E-state index in [1.54, 1.807) is 0 Å². The number of nitrogens with zero attached hydrogens (tertiary/aromatic N) is 1. The van der Waals surface area contributed by atoms with Gasteiger partial charge in [-0.25, -0.2) is 0 Å². The van der Waals surface area contributed by atoms with E-state index in [-0.39, 0.29) is 5.91 Å². The van der Waals surface area contributed by atoms with Gasteiger partial charge in [0.25, 0.3) is 0 Å². The fraction of sp³-hybridized carbons (Fsp3) is 0.533. The molecule has 4 heteroatoms. The first-order chi connectivity index (χ1) is 9.17. The molecule has 4 nitrogen and oxygen atoms in total. The molecule has 0 bridgehead atoms. The molecule has 0 spiro atoms. The molecule has 3 N–H and O–H groups in total. The Bertz CT molecular complexity index is 371. The van der Waals surface area contributed by atoms with Crippen molar-refractivity contribution in [2.75, 3.05) is 24.5 Å². The molecule has 0 heterocycles. The Balaban J connectivity index is 2.34. The van der Waals surface area contributed by atoms with Crippen molar-refractivity contribution in [1.82, 2.24) is 5.32 Å². The Morgan fingerprint density at radius 3 is 2.37 bits per heavy atom. The first-order valence-corrected chi connectivity index (χ1v) is 7.00. The molecule has 0 radical (unpaired) electrons. The lowest BCUT2D eigenvalue weighted by molar-refractivity contribution is -0.118. The molecule has 0 atom stereocenters. The van der Waals surface area contributed by atoms with Gasteiger partial charge in [0.2, 0.25) is 5.91 Å². The molecule has 1 amide bonds. The van der Waals surface area contributed by atoms with Gasteiger partial charge in [0.05, 0.1) is 0 Å². The summed E-state index contributed by atoms with van der Waals surface area (Å²) in [5.41, 5.74) is 7.61. The van der Waals surface area contributed by atoms with Gasteiger partial charge in [-0.2, -0.15) is 0 Å². The molecular weight excluding hydrogens is 238 g/mol. The van der Waals surface area contributed by atoms with Crippen molar-refractivity contribution < 1.29 is 4.79 Å². The number of nitrogens with two attached hydrogens (primary N) is 1. The zero-order valence-corrected chi connectivity index (χ0v) is 12.0. The maximum absolute atomic E-state index is 10.6. The summed E-state index contributed by atoms with van der Waals surface area (Å²) in [5.74, 6) is -0.231. The molecule has 106 valence electrons. The molecular formula is C15H25N3O. The fourth-order valence-electron chi connectivity index (χ4n) is 2.03. The van der Waals surface area contributed by atoms with Crippen LogP contribution in [-0.2, 0) is 11.3 Å². The topological polar surface area (TPSA) is 58.4 Å². The molecule has 0 saturated carbocycles. The van der Waals surface area contributed by atoms with E-state index in [4.69, 9.17) is 5.73 Å². The van der Waals surface area contributed by atoms with Gasteiger partial charge in [-0.3, -0.25) is 4.79 Å². The molecule has 0 saturated heterocycles. The SMILES string of the molecule is CCN(CC)c1ccc(CNCCCC(N)=O)cc1. The van der Waals surface area contributed by atoms with Crippen LogP contribution in [-0.4, -0.2) is 25.5 Å². The molecule has 1 aromatic carbocycles. The van der Waals surface area contributed by atoms with E-state index in [0.717, 1.165) is 32.6 Å². The highest BCUT2D eigenvalue weighted by atomic mass is 16.1. The maximum atomic E-state index is 10.6. The van der Waals surface area contributed by atoms with Crippen molar-refractivity contribution in [2.24, 2.45) is 5.73 Å². The summed E-state index contributed by atoms with van der Waals surface area (Å²) in [6.45, 7) is 8.04. The third-order valence-corrected chi connectivity index (χ3v) is 3.17. The first kappa shape index (κ1) is 15.5. The second-order valence-electron chi connectivity index (χ2n) is 4.59. The van der Waals surface area contributed by atoms with E-state index in [0.29, 0.717) is 6.42 Å². The van der Waals surface area contributed by atoms with Gasteiger partial charge < -0.3 is 16.0 Å². The first-order valence-electron chi connectivity index (χ1n) is 7.00. The van der Waals surface area contributed by atoms with Crippen LogP contribution >= 0.6 is 0 Å². The van der Waals surface area contributed by atoms with Gasteiger partial charge in [-0.1, -0.05) is 12.1 Å². The molecule has 0 aliphatic heterocycles. The summed E-state index contributed by atoms with van der Waals surface area (Å²) in [5, 5.41) is 3.31. The van der Waals surface area contributed by atoms with E-state index in [9.17, 15) is 4.79 Å². The van der Waals surface area contributed by atoms with Crippen LogP contribution in [0.15, 0.2) is 24.3 Å². The third-order valence-electron chi connectivity index (χ3n) is 3.17. The molecule has 1 aromatic rings. The summed E-state index contributed by atoms with van der Waals surface area (Å²) in [6.07, 6.45) is 1.25. The van der Waals surface area contributed by atoms with Crippen LogP contribution in [0.4, 0.5) is 5.69 Å². The monoisotopic (exact) mass is 263 g/mol. The minimum Gasteiger partial charge on any atom is -0.372 e. The molecule has 0 aliphatic rings. The minimum absolute atomic E-state index is 0.231. The number of nitrogens with one attached hydrogen (secondary N) is 1. The number of benzene rings is 1. The lowest BCUT2D eigenvalue weighted by Crippen LogP contribution is -2.21. The van der Waals surface area contributed by atoms with Crippen molar-refractivity contribution in [3.63, 3.8) is 0 Å². The van der Waals surface area contributed by atoms with E-state index in [2.05, 4.69) is 48.3 Å². The third kappa shape index (κ3) is 5.75. The lowest BCUT2D eigenvalue weighted by atomic mass is 10.2. The van der Waals surface area contributed by atoms with Crippen LogP contribution in [0, 0.1) is 0 Å². The predicted molar refractivity (Wildman–Crippen MR) is 80.1 cm³/mol. The number of amides is 1. The summed E-state index contributed by atoms with van der Waals surface area (Å²) in [7, 11) is 0. The van der Waals surface area contributed by atoms with Crippen LogP contribution in [0.3, 0.4) is 0 Å². The Labute approximate surface area is 116 Å². The Kier molecular flexibility index (Phi) is 6.97. The minimum atomic E-state index is -0.231. The number of rotatable bonds is 9. The van der Waals surface area contributed by atoms with E-state index < -0.39 is 0 Å². The fourth-order valence-corrected chi connectivity index (χ4v) is 2.03. The maximum Gasteiger partial charge on any atom is 0.217 e. The van der Waals surface area contributed by atoms with Crippen LogP contribution in [0.5, 0.6) is 0 Å². The highest BCUT2D eigenvalue weighted by molar-refractivity contribution is 5.73. The Hall–Kier alpha value is -1.55. The second-order valence-corrected chi connectivity index (χ2v) is 4.59. The number of primary amides is 1. The van der Waals surface area contributed by atoms with Crippen LogP contribution < -0.4 is 16.0 Å². The van der Waals surface area contributed by atoms with Crippen LogP contribution in [0.25, 0.3) is 0 Å². The largest absolute Gasteiger partial charge is 0.372 e. The van der Waals surface area contributed by atoms with E-state index in [1.807, 2.05) is 0 Å². The standard InChI is InChI=1S/C15H25N3O/c1-3-18(4-2)14-9-7-13(8-10-14)12-17-11-5-6-15(16)19/h7-10,17H,3-6,11-12H2,1-2H3,(H2,16,19). The molecule has 0 aromatic heterocycles. The second kappa shape index (κ2) is 8.53. The van der Waals surface area contributed by atoms with Gasteiger partial charge in [0, 0.05) is 31.7 Å². The predicted octanol–water partition coefficient (Wildman–Crippen LogP) is 1.89. The smallest absolute Gasteiger partial charge is 0.217 e. The Morgan fingerprint density at radius 2 is 1.84 bits per heavy atom. The van der Waals surface area contributed by atoms with Gasteiger partial charge in [0.1, 0.15) is 0 Å². The zero-order chi connectivity index (χ0) is 14.1. The summed E-state index contributed by atoms with van der Waals surface area (Å²) in [4.78, 5) is 12.9.